The van der Waals surface area contributed by atoms with Crippen molar-refractivity contribution in [2.75, 3.05) is 0 Å². The van der Waals surface area contributed by atoms with E-state index in [1.54, 1.807) is 0 Å². The maximum atomic E-state index is 6.15. The highest BCUT2D eigenvalue weighted by Crippen LogP contribution is 2.39. The Morgan fingerprint density at radius 1 is 0.815 bits per heavy atom. The fourth-order valence-corrected chi connectivity index (χ4v) is 5.39. The average molecular weight is 366 g/mol. The smallest absolute Gasteiger partial charge is 0.136 e. The second kappa shape index (κ2) is 5.58. The number of fused-ring (bicyclic) bond motifs is 6. The Kier molecular flexibility index (Phi) is 3.15. The highest BCUT2D eigenvalue weighted by atomic mass is 32.1. The summed E-state index contributed by atoms with van der Waals surface area (Å²) in [6.07, 6.45) is 6.87. The van der Waals surface area contributed by atoms with E-state index >= 15 is 0 Å². The molecule has 0 fully saturated rings. The molecule has 0 radical (unpaired) electrons. The molecule has 2 aromatic heterocycles. The summed E-state index contributed by atoms with van der Waals surface area (Å²) >= 11 is 1.91. The van der Waals surface area contributed by atoms with Crippen LogP contribution in [0, 0.1) is 6.92 Å². The lowest BCUT2D eigenvalue weighted by molar-refractivity contribution is 0.668. The lowest BCUT2D eigenvalue weighted by Crippen LogP contribution is -1.89. The molecule has 1 aliphatic carbocycles. The standard InChI is InChI=1S/C25H18OS/c1-15-6-9-18-19-10-7-17(14-23(19)26-22(18)12-15)16-8-11-25-21(13-16)20-4-2-3-5-24(20)27-25/h3,5-14H,2,4H2,1H3. The summed E-state index contributed by atoms with van der Waals surface area (Å²) in [6.45, 7) is 2.10. The van der Waals surface area contributed by atoms with E-state index in [0.717, 1.165) is 24.0 Å². The van der Waals surface area contributed by atoms with Crippen LogP contribution in [0.5, 0.6) is 0 Å². The maximum Gasteiger partial charge on any atom is 0.136 e. The molecule has 130 valence electrons. The zero-order chi connectivity index (χ0) is 18.0. The van der Waals surface area contributed by atoms with Crippen molar-refractivity contribution < 1.29 is 4.42 Å². The molecule has 0 saturated heterocycles. The van der Waals surface area contributed by atoms with Gasteiger partial charge in [0.2, 0.25) is 0 Å². The first-order chi connectivity index (χ1) is 13.3. The fourth-order valence-electron chi connectivity index (χ4n) is 4.22. The van der Waals surface area contributed by atoms with Crippen LogP contribution in [0.15, 0.2) is 65.1 Å². The molecule has 0 amide bonds. The molecule has 0 bridgehead atoms. The molecule has 1 aliphatic rings. The summed E-state index contributed by atoms with van der Waals surface area (Å²) in [5, 5.41) is 3.79. The minimum absolute atomic E-state index is 0.962. The largest absolute Gasteiger partial charge is 0.456 e. The second-order valence-electron chi connectivity index (χ2n) is 7.41. The van der Waals surface area contributed by atoms with Gasteiger partial charge in [-0.2, -0.15) is 0 Å². The van der Waals surface area contributed by atoms with E-state index in [1.165, 1.54) is 48.0 Å². The monoisotopic (exact) mass is 366 g/mol. The van der Waals surface area contributed by atoms with Crippen LogP contribution >= 0.6 is 11.3 Å². The average Bonchev–Trinajstić information content (AvgIpc) is 3.24. The number of allylic oxidation sites excluding steroid dienone is 1. The van der Waals surface area contributed by atoms with E-state index in [1.807, 2.05) is 11.3 Å². The van der Waals surface area contributed by atoms with Gasteiger partial charge in [0.1, 0.15) is 11.2 Å². The van der Waals surface area contributed by atoms with E-state index in [0.29, 0.717) is 0 Å². The number of hydrogen-bond acceptors (Lipinski definition) is 2. The van der Waals surface area contributed by atoms with E-state index in [4.69, 9.17) is 4.42 Å². The Balaban J connectivity index is 1.54. The Hall–Kier alpha value is -2.84. The van der Waals surface area contributed by atoms with Crippen LogP contribution in [0.4, 0.5) is 0 Å². The molecule has 0 spiro atoms. The van der Waals surface area contributed by atoms with Gasteiger partial charge in [0.05, 0.1) is 0 Å². The van der Waals surface area contributed by atoms with Gasteiger partial charge in [-0.25, -0.2) is 0 Å². The maximum absolute atomic E-state index is 6.15. The number of aryl methyl sites for hydroxylation is 2. The summed E-state index contributed by atoms with van der Waals surface area (Å²) in [6, 6.07) is 19.9. The van der Waals surface area contributed by atoms with E-state index in [9.17, 15) is 0 Å². The zero-order valence-electron chi connectivity index (χ0n) is 15.1. The van der Waals surface area contributed by atoms with Crippen molar-refractivity contribution in [3.63, 3.8) is 0 Å². The fraction of sp³-hybridized carbons (Fsp3) is 0.120. The van der Waals surface area contributed by atoms with E-state index < -0.39 is 0 Å². The normalized spacial score (nSPS) is 13.7. The molecule has 0 unspecified atom stereocenters. The van der Waals surface area contributed by atoms with Gasteiger partial charge in [-0.1, -0.05) is 30.3 Å². The molecule has 0 aliphatic heterocycles. The third-order valence-electron chi connectivity index (χ3n) is 5.61. The molecule has 0 saturated carbocycles. The Morgan fingerprint density at radius 2 is 1.59 bits per heavy atom. The lowest BCUT2D eigenvalue weighted by Gasteiger charge is -2.06. The number of furan rings is 1. The summed E-state index contributed by atoms with van der Waals surface area (Å²) < 4.78 is 7.54. The first-order valence-corrected chi connectivity index (χ1v) is 10.2. The summed E-state index contributed by atoms with van der Waals surface area (Å²) in [5.74, 6) is 0. The van der Waals surface area contributed by atoms with Crippen LogP contribution < -0.4 is 0 Å². The molecule has 3 aromatic carbocycles. The minimum atomic E-state index is 0.962. The van der Waals surface area contributed by atoms with E-state index in [2.05, 4.69) is 73.7 Å². The van der Waals surface area contributed by atoms with Gasteiger partial charge in [0.25, 0.3) is 0 Å². The summed E-state index contributed by atoms with van der Waals surface area (Å²) in [7, 11) is 0. The molecule has 6 rings (SSSR count). The molecular formula is C25H18OS. The SMILES string of the molecule is Cc1ccc2c(c1)oc1cc(-c3ccc4sc5c(c4c3)CCC=C5)ccc12. The minimum Gasteiger partial charge on any atom is -0.456 e. The molecular weight excluding hydrogens is 348 g/mol. The second-order valence-corrected chi connectivity index (χ2v) is 8.49. The molecule has 2 heteroatoms. The van der Waals surface area contributed by atoms with Crippen molar-refractivity contribution in [1.29, 1.82) is 0 Å². The van der Waals surface area contributed by atoms with Crippen LogP contribution in [-0.2, 0) is 6.42 Å². The third-order valence-corrected chi connectivity index (χ3v) is 6.79. The Morgan fingerprint density at radius 3 is 2.52 bits per heavy atom. The quantitative estimate of drug-likeness (QED) is 0.296. The predicted molar refractivity (Wildman–Crippen MR) is 117 cm³/mol. The van der Waals surface area contributed by atoms with Crippen molar-refractivity contribution in [1.82, 2.24) is 0 Å². The molecule has 5 aromatic rings. The first kappa shape index (κ1) is 15.2. The van der Waals surface area contributed by atoms with Crippen LogP contribution in [0.1, 0.15) is 22.4 Å². The van der Waals surface area contributed by atoms with Gasteiger partial charge in [-0.05, 0) is 83.8 Å². The van der Waals surface area contributed by atoms with Crippen molar-refractivity contribution in [3.8, 4) is 11.1 Å². The van der Waals surface area contributed by atoms with Crippen molar-refractivity contribution in [3.05, 3.63) is 76.7 Å². The molecule has 0 atom stereocenters. The van der Waals surface area contributed by atoms with Crippen molar-refractivity contribution in [2.24, 2.45) is 0 Å². The highest BCUT2D eigenvalue weighted by molar-refractivity contribution is 7.20. The number of benzene rings is 3. The van der Waals surface area contributed by atoms with Crippen LogP contribution in [0.3, 0.4) is 0 Å². The summed E-state index contributed by atoms with van der Waals surface area (Å²) in [5.41, 5.74) is 7.14. The summed E-state index contributed by atoms with van der Waals surface area (Å²) in [4.78, 5) is 1.43. The Labute approximate surface area is 161 Å². The van der Waals surface area contributed by atoms with Gasteiger partial charge in [0.15, 0.2) is 0 Å². The molecule has 27 heavy (non-hydrogen) atoms. The van der Waals surface area contributed by atoms with Crippen LogP contribution in [0.25, 0.3) is 49.2 Å². The first-order valence-electron chi connectivity index (χ1n) is 9.41. The number of hydrogen-bond donors (Lipinski definition) is 0. The van der Waals surface area contributed by atoms with E-state index in [-0.39, 0.29) is 0 Å². The van der Waals surface area contributed by atoms with Gasteiger partial charge in [0, 0.05) is 20.3 Å². The third kappa shape index (κ3) is 2.30. The van der Waals surface area contributed by atoms with Crippen molar-refractivity contribution in [2.45, 2.75) is 19.8 Å². The van der Waals surface area contributed by atoms with Gasteiger partial charge < -0.3 is 4.42 Å². The van der Waals surface area contributed by atoms with Gasteiger partial charge >= 0.3 is 0 Å². The Bertz CT molecular complexity index is 1380. The van der Waals surface area contributed by atoms with Crippen molar-refractivity contribution >= 4 is 49.4 Å². The van der Waals surface area contributed by atoms with Crippen LogP contribution in [0.2, 0.25) is 0 Å². The zero-order valence-corrected chi connectivity index (χ0v) is 15.9. The van der Waals surface area contributed by atoms with Gasteiger partial charge in [-0.15, -0.1) is 11.3 Å². The number of thiophene rings is 1. The van der Waals surface area contributed by atoms with Crippen LogP contribution in [-0.4, -0.2) is 0 Å². The highest BCUT2D eigenvalue weighted by Gasteiger charge is 2.14. The molecule has 1 nitrogen and oxygen atoms in total. The molecule has 0 N–H and O–H groups in total. The van der Waals surface area contributed by atoms with Gasteiger partial charge in [-0.3, -0.25) is 0 Å². The molecule has 2 heterocycles. The number of rotatable bonds is 1. The topological polar surface area (TPSA) is 13.1 Å². The lowest BCUT2D eigenvalue weighted by atomic mass is 9.97. The predicted octanol–water partition coefficient (Wildman–Crippen LogP) is 7.74.